The number of nitrogens with one attached hydrogen (secondary N) is 2. The van der Waals surface area contributed by atoms with Gasteiger partial charge in [0, 0.05) is 12.1 Å². The van der Waals surface area contributed by atoms with E-state index in [1.54, 1.807) is 32.2 Å². The number of carbonyl (C=O) groups excluding carboxylic acids is 2. The molecule has 2 rings (SSSR count). The number of amides is 2. The third kappa shape index (κ3) is 4.57. The molecule has 8 heteroatoms. The van der Waals surface area contributed by atoms with E-state index in [2.05, 4.69) is 20.9 Å². The summed E-state index contributed by atoms with van der Waals surface area (Å²) < 4.78 is 1.54. The second-order valence-electron chi connectivity index (χ2n) is 6.18. The number of aromatic nitrogens is 3. The van der Waals surface area contributed by atoms with Gasteiger partial charge in [-0.1, -0.05) is 36.7 Å². The SMILES string of the molecule is CNC(=O)C(CC(C)C)NC(=O)c1nnn(-c2cccc(Cl)c2)c1C. The first-order chi connectivity index (χ1) is 11.8. The van der Waals surface area contributed by atoms with Gasteiger partial charge in [-0.25, -0.2) is 4.68 Å². The summed E-state index contributed by atoms with van der Waals surface area (Å²) >= 11 is 6.00. The highest BCUT2D eigenvalue weighted by atomic mass is 35.5. The maximum atomic E-state index is 12.6. The van der Waals surface area contributed by atoms with Crippen LogP contribution >= 0.6 is 11.6 Å². The Kier molecular flexibility index (Phi) is 6.14. The van der Waals surface area contributed by atoms with E-state index in [0.29, 0.717) is 22.8 Å². The Balaban J connectivity index is 2.23. The monoisotopic (exact) mass is 363 g/mol. The second kappa shape index (κ2) is 8.11. The van der Waals surface area contributed by atoms with Gasteiger partial charge in [-0.15, -0.1) is 5.10 Å². The molecule has 1 unspecified atom stereocenters. The summed E-state index contributed by atoms with van der Waals surface area (Å²) in [6.45, 7) is 5.72. The molecule has 2 N–H and O–H groups in total. The summed E-state index contributed by atoms with van der Waals surface area (Å²) in [5.41, 5.74) is 1.46. The highest BCUT2D eigenvalue weighted by Gasteiger charge is 2.24. The maximum Gasteiger partial charge on any atom is 0.274 e. The molecular formula is C17H22ClN5O2. The Morgan fingerprint density at radius 1 is 1.32 bits per heavy atom. The molecule has 0 aliphatic heterocycles. The minimum Gasteiger partial charge on any atom is -0.357 e. The number of hydrogen-bond donors (Lipinski definition) is 2. The molecule has 1 heterocycles. The molecule has 0 fully saturated rings. The zero-order valence-corrected chi connectivity index (χ0v) is 15.5. The van der Waals surface area contributed by atoms with E-state index in [1.165, 1.54) is 4.68 Å². The number of likely N-dealkylation sites (N-methyl/N-ethyl adjacent to an activating group) is 1. The fourth-order valence-corrected chi connectivity index (χ4v) is 2.68. The topological polar surface area (TPSA) is 88.9 Å². The molecule has 0 spiro atoms. The van der Waals surface area contributed by atoms with Crippen molar-refractivity contribution in [1.29, 1.82) is 0 Å². The van der Waals surface area contributed by atoms with Gasteiger partial charge in [0.1, 0.15) is 6.04 Å². The van der Waals surface area contributed by atoms with Crippen molar-refractivity contribution >= 4 is 23.4 Å². The molecule has 0 aliphatic carbocycles. The number of hydrogen-bond acceptors (Lipinski definition) is 4. The zero-order valence-electron chi connectivity index (χ0n) is 14.7. The van der Waals surface area contributed by atoms with E-state index in [0.717, 1.165) is 0 Å². The lowest BCUT2D eigenvalue weighted by Gasteiger charge is -2.18. The van der Waals surface area contributed by atoms with Gasteiger partial charge < -0.3 is 10.6 Å². The molecule has 7 nitrogen and oxygen atoms in total. The van der Waals surface area contributed by atoms with Crippen molar-refractivity contribution in [3.8, 4) is 5.69 Å². The van der Waals surface area contributed by atoms with E-state index < -0.39 is 11.9 Å². The van der Waals surface area contributed by atoms with E-state index in [9.17, 15) is 9.59 Å². The predicted molar refractivity (Wildman–Crippen MR) is 95.9 cm³/mol. The van der Waals surface area contributed by atoms with Gasteiger partial charge in [0.05, 0.1) is 11.4 Å². The largest absolute Gasteiger partial charge is 0.357 e. The van der Waals surface area contributed by atoms with Crippen LogP contribution in [-0.4, -0.2) is 39.9 Å². The summed E-state index contributed by atoms with van der Waals surface area (Å²) in [5.74, 6) is -0.409. The first-order valence-electron chi connectivity index (χ1n) is 8.04. The smallest absolute Gasteiger partial charge is 0.274 e. The van der Waals surface area contributed by atoms with Crippen LogP contribution in [0.5, 0.6) is 0 Å². The molecular weight excluding hydrogens is 342 g/mol. The normalized spacial score (nSPS) is 12.1. The fourth-order valence-electron chi connectivity index (χ4n) is 2.50. The molecule has 1 aromatic heterocycles. The van der Waals surface area contributed by atoms with Gasteiger partial charge in [-0.2, -0.15) is 0 Å². The van der Waals surface area contributed by atoms with Crippen LogP contribution < -0.4 is 10.6 Å². The summed E-state index contributed by atoms with van der Waals surface area (Å²) in [4.78, 5) is 24.5. The van der Waals surface area contributed by atoms with Gasteiger partial charge >= 0.3 is 0 Å². The number of rotatable bonds is 6. The highest BCUT2D eigenvalue weighted by Crippen LogP contribution is 2.17. The standard InChI is InChI=1S/C17H22ClN5O2/c1-10(2)8-14(16(24)19-4)20-17(25)15-11(3)23(22-21-15)13-7-5-6-12(18)9-13/h5-7,9-10,14H,8H2,1-4H3,(H,19,24)(H,20,25). The molecule has 0 radical (unpaired) electrons. The van der Waals surface area contributed by atoms with E-state index in [4.69, 9.17) is 11.6 Å². The summed E-state index contributed by atoms with van der Waals surface area (Å²) in [6.07, 6.45) is 0.535. The quantitative estimate of drug-likeness (QED) is 0.822. The third-order valence-corrected chi connectivity index (χ3v) is 3.97. The van der Waals surface area contributed by atoms with E-state index >= 15 is 0 Å². The molecule has 2 aromatic rings. The number of nitrogens with zero attached hydrogens (tertiary/aromatic N) is 3. The Hall–Kier alpha value is -2.41. The molecule has 134 valence electrons. The van der Waals surface area contributed by atoms with Crippen LogP contribution in [0.2, 0.25) is 5.02 Å². The minimum atomic E-state index is -0.617. The van der Waals surface area contributed by atoms with Gasteiger partial charge in [0.15, 0.2) is 5.69 Å². The first-order valence-corrected chi connectivity index (χ1v) is 8.42. The Bertz CT molecular complexity index is 772. The minimum absolute atomic E-state index is 0.178. The molecule has 1 aromatic carbocycles. The average molecular weight is 364 g/mol. The number of halogens is 1. The summed E-state index contributed by atoms with van der Waals surface area (Å²) in [6, 6.07) is 6.49. The van der Waals surface area contributed by atoms with Gasteiger partial charge in [-0.05, 0) is 37.5 Å². The molecule has 0 saturated carbocycles. The van der Waals surface area contributed by atoms with Crippen molar-refractivity contribution < 1.29 is 9.59 Å². The average Bonchev–Trinajstić information content (AvgIpc) is 2.94. The van der Waals surface area contributed by atoms with Crippen molar-refractivity contribution in [1.82, 2.24) is 25.6 Å². The third-order valence-electron chi connectivity index (χ3n) is 3.74. The van der Waals surface area contributed by atoms with Crippen molar-refractivity contribution in [3.05, 3.63) is 40.7 Å². The number of benzene rings is 1. The summed E-state index contributed by atoms with van der Waals surface area (Å²) in [5, 5.41) is 13.9. The van der Waals surface area contributed by atoms with Crippen LogP contribution in [-0.2, 0) is 4.79 Å². The first kappa shape index (κ1) is 18.9. The van der Waals surface area contributed by atoms with Gasteiger partial charge in [-0.3, -0.25) is 9.59 Å². The zero-order chi connectivity index (χ0) is 18.6. The fraction of sp³-hybridized carbons (Fsp3) is 0.412. The van der Waals surface area contributed by atoms with Crippen LogP contribution in [0.25, 0.3) is 5.69 Å². The lowest BCUT2D eigenvalue weighted by atomic mass is 10.0. The van der Waals surface area contributed by atoms with Gasteiger partial charge in [0.2, 0.25) is 5.91 Å². The Morgan fingerprint density at radius 2 is 2.04 bits per heavy atom. The van der Waals surface area contributed by atoms with Crippen molar-refractivity contribution in [2.24, 2.45) is 5.92 Å². The molecule has 2 amide bonds. The number of carbonyl (C=O) groups is 2. The second-order valence-corrected chi connectivity index (χ2v) is 6.62. The molecule has 25 heavy (non-hydrogen) atoms. The van der Waals surface area contributed by atoms with Crippen molar-refractivity contribution in [2.75, 3.05) is 7.05 Å². The maximum absolute atomic E-state index is 12.6. The lowest BCUT2D eigenvalue weighted by molar-refractivity contribution is -0.122. The predicted octanol–water partition coefficient (Wildman–Crippen LogP) is 2.12. The van der Waals surface area contributed by atoms with Crippen molar-refractivity contribution in [2.45, 2.75) is 33.2 Å². The van der Waals surface area contributed by atoms with Crippen LogP contribution in [0, 0.1) is 12.8 Å². The molecule has 0 aliphatic rings. The Morgan fingerprint density at radius 3 is 2.64 bits per heavy atom. The summed E-state index contributed by atoms with van der Waals surface area (Å²) in [7, 11) is 1.54. The van der Waals surface area contributed by atoms with Crippen LogP contribution in [0.1, 0.15) is 36.5 Å². The van der Waals surface area contributed by atoms with Crippen molar-refractivity contribution in [3.63, 3.8) is 0 Å². The molecule has 0 saturated heterocycles. The lowest BCUT2D eigenvalue weighted by Crippen LogP contribution is -2.46. The highest BCUT2D eigenvalue weighted by molar-refractivity contribution is 6.30. The van der Waals surface area contributed by atoms with Crippen LogP contribution in [0.3, 0.4) is 0 Å². The Labute approximate surface area is 151 Å². The van der Waals surface area contributed by atoms with Crippen LogP contribution in [0.4, 0.5) is 0 Å². The van der Waals surface area contributed by atoms with Gasteiger partial charge in [0.25, 0.3) is 5.91 Å². The van der Waals surface area contributed by atoms with E-state index in [1.807, 2.05) is 19.9 Å². The van der Waals surface area contributed by atoms with Crippen LogP contribution in [0.15, 0.2) is 24.3 Å². The molecule has 1 atom stereocenters. The molecule has 0 bridgehead atoms. The van der Waals surface area contributed by atoms with E-state index in [-0.39, 0.29) is 17.5 Å².